The number of hydrogen-bond donors (Lipinski definition) is 0. The van der Waals surface area contributed by atoms with E-state index in [2.05, 4.69) is 43.3 Å². The van der Waals surface area contributed by atoms with Crippen molar-refractivity contribution in [3.05, 3.63) is 72.6 Å². The maximum atomic E-state index is 5.75. The van der Waals surface area contributed by atoms with E-state index in [9.17, 15) is 0 Å². The van der Waals surface area contributed by atoms with Crippen molar-refractivity contribution in [2.24, 2.45) is 0 Å². The van der Waals surface area contributed by atoms with Gasteiger partial charge in [0.1, 0.15) is 5.75 Å². The Hall–Kier alpha value is -1.76. The lowest BCUT2D eigenvalue weighted by Crippen LogP contribution is -1.99. The summed E-state index contributed by atoms with van der Waals surface area (Å²) in [5.74, 6) is 0.959. The van der Waals surface area contributed by atoms with Crippen LogP contribution in [0.15, 0.2) is 54.6 Å². The monoisotopic (exact) mass is 253 g/mol. The summed E-state index contributed by atoms with van der Waals surface area (Å²) in [5.41, 5.74) is 2.70. The van der Waals surface area contributed by atoms with Crippen LogP contribution < -0.4 is 4.74 Å². The summed E-state index contributed by atoms with van der Waals surface area (Å²) in [6.07, 6.45) is 4.09. The minimum absolute atomic E-state index is 0.767. The Balaban J connectivity index is 1.70. The van der Waals surface area contributed by atoms with Crippen molar-refractivity contribution in [2.75, 3.05) is 6.61 Å². The fraction of sp³-hybridized carbons (Fsp3) is 0.278. The lowest BCUT2D eigenvalue weighted by Gasteiger charge is -2.07. The number of rotatable bonds is 7. The van der Waals surface area contributed by atoms with E-state index in [-0.39, 0.29) is 0 Å². The SMILES string of the molecule is [CH2]CCc1ccc(OCCCc2ccccc2)cc1. The average molecular weight is 253 g/mol. The number of aryl methyl sites for hydroxylation is 2. The van der Waals surface area contributed by atoms with E-state index in [1.807, 2.05) is 18.2 Å². The number of hydrogen-bond acceptors (Lipinski definition) is 1. The molecule has 0 N–H and O–H groups in total. The average Bonchev–Trinajstić information content (AvgIpc) is 2.47. The van der Waals surface area contributed by atoms with E-state index < -0.39 is 0 Å². The molecule has 1 heteroatoms. The third-order valence-electron chi connectivity index (χ3n) is 3.11. The van der Waals surface area contributed by atoms with E-state index in [0.717, 1.165) is 38.0 Å². The number of ether oxygens (including phenoxy) is 1. The largest absolute Gasteiger partial charge is 0.494 e. The molecule has 0 aliphatic carbocycles. The van der Waals surface area contributed by atoms with Crippen molar-refractivity contribution in [2.45, 2.75) is 25.7 Å². The third kappa shape index (κ3) is 4.78. The van der Waals surface area contributed by atoms with Gasteiger partial charge < -0.3 is 4.74 Å². The lowest BCUT2D eigenvalue weighted by molar-refractivity contribution is 0.311. The molecule has 0 heterocycles. The molecule has 0 amide bonds. The van der Waals surface area contributed by atoms with Gasteiger partial charge in [-0.15, -0.1) is 0 Å². The van der Waals surface area contributed by atoms with E-state index in [1.165, 1.54) is 11.1 Å². The van der Waals surface area contributed by atoms with Crippen LogP contribution in [-0.2, 0) is 12.8 Å². The summed E-state index contributed by atoms with van der Waals surface area (Å²) < 4.78 is 5.75. The smallest absolute Gasteiger partial charge is 0.119 e. The van der Waals surface area contributed by atoms with Crippen LogP contribution in [0.4, 0.5) is 0 Å². The molecule has 2 aromatic rings. The molecular formula is C18H21O. The Bertz CT molecular complexity index is 459. The van der Waals surface area contributed by atoms with Crippen molar-refractivity contribution in [1.82, 2.24) is 0 Å². The van der Waals surface area contributed by atoms with Crippen molar-refractivity contribution in [3.63, 3.8) is 0 Å². The zero-order chi connectivity index (χ0) is 13.3. The van der Waals surface area contributed by atoms with Gasteiger partial charge in [-0.05, 0) is 48.9 Å². The molecule has 0 fully saturated rings. The summed E-state index contributed by atoms with van der Waals surface area (Å²) in [4.78, 5) is 0. The van der Waals surface area contributed by atoms with Crippen molar-refractivity contribution >= 4 is 0 Å². The van der Waals surface area contributed by atoms with Crippen LogP contribution in [0.5, 0.6) is 5.75 Å². The highest BCUT2D eigenvalue weighted by molar-refractivity contribution is 5.27. The third-order valence-corrected chi connectivity index (χ3v) is 3.11. The first-order valence-corrected chi connectivity index (χ1v) is 6.93. The van der Waals surface area contributed by atoms with Crippen LogP contribution in [-0.4, -0.2) is 6.61 Å². The summed E-state index contributed by atoms with van der Waals surface area (Å²) in [6, 6.07) is 18.9. The Morgan fingerprint density at radius 1 is 0.789 bits per heavy atom. The Kier molecular flexibility index (Phi) is 5.49. The first kappa shape index (κ1) is 13.7. The molecule has 2 aromatic carbocycles. The Labute approximate surface area is 116 Å². The summed E-state index contributed by atoms with van der Waals surface area (Å²) in [6.45, 7) is 4.63. The highest BCUT2D eigenvalue weighted by atomic mass is 16.5. The van der Waals surface area contributed by atoms with Gasteiger partial charge in [0.15, 0.2) is 0 Å². The molecular weight excluding hydrogens is 232 g/mol. The number of benzene rings is 2. The summed E-state index contributed by atoms with van der Waals surface area (Å²) in [5, 5.41) is 0. The van der Waals surface area contributed by atoms with Crippen molar-refractivity contribution < 1.29 is 4.74 Å². The predicted molar refractivity (Wildman–Crippen MR) is 80.4 cm³/mol. The van der Waals surface area contributed by atoms with Crippen LogP contribution in [0.3, 0.4) is 0 Å². The van der Waals surface area contributed by atoms with E-state index >= 15 is 0 Å². The van der Waals surface area contributed by atoms with E-state index in [1.54, 1.807) is 0 Å². The van der Waals surface area contributed by atoms with Gasteiger partial charge in [0.05, 0.1) is 6.61 Å². The van der Waals surface area contributed by atoms with Gasteiger partial charge in [-0.25, -0.2) is 0 Å². The topological polar surface area (TPSA) is 9.23 Å². The molecule has 0 saturated heterocycles. The normalized spacial score (nSPS) is 10.4. The van der Waals surface area contributed by atoms with E-state index in [4.69, 9.17) is 4.74 Å². The zero-order valence-electron chi connectivity index (χ0n) is 11.3. The fourth-order valence-corrected chi connectivity index (χ4v) is 2.07. The van der Waals surface area contributed by atoms with Gasteiger partial charge in [0.25, 0.3) is 0 Å². The molecule has 0 unspecified atom stereocenters. The highest BCUT2D eigenvalue weighted by Gasteiger charge is 1.96. The lowest BCUT2D eigenvalue weighted by atomic mass is 10.1. The fourth-order valence-electron chi connectivity index (χ4n) is 2.07. The minimum atomic E-state index is 0.767. The molecule has 0 saturated carbocycles. The highest BCUT2D eigenvalue weighted by Crippen LogP contribution is 2.14. The summed E-state index contributed by atoms with van der Waals surface area (Å²) >= 11 is 0. The minimum Gasteiger partial charge on any atom is -0.494 e. The summed E-state index contributed by atoms with van der Waals surface area (Å²) in [7, 11) is 0. The molecule has 1 nitrogen and oxygen atoms in total. The van der Waals surface area contributed by atoms with E-state index in [0.29, 0.717) is 0 Å². The Morgan fingerprint density at radius 3 is 2.16 bits per heavy atom. The quantitative estimate of drug-likeness (QED) is 0.662. The second-order valence-corrected chi connectivity index (χ2v) is 4.69. The maximum absolute atomic E-state index is 5.75. The molecule has 19 heavy (non-hydrogen) atoms. The van der Waals surface area contributed by atoms with Gasteiger partial charge in [0.2, 0.25) is 0 Å². The van der Waals surface area contributed by atoms with Gasteiger partial charge in [0, 0.05) is 0 Å². The first-order valence-electron chi connectivity index (χ1n) is 6.93. The standard InChI is InChI=1S/C18H21O/c1-2-7-16-11-13-18(14-12-16)19-15-6-10-17-8-4-3-5-9-17/h3-5,8-9,11-14H,1-2,6-7,10,15H2. The van der Waals surface area contributed by atoms with Gasteiger partial charge in [-0.3, -0.25) is 0 Å². The molecule has 1 radical (unpaired) electrons. The molecule has 0 aliphatic rings. The molecule has 0 spiro atoms. The molecule has 0 aliphatic heterocycles. The van der Waals surface area contributed by atoms with Gasteiger partial charge in [-0.1, -0.05) is 49.4 Å². The van der Waals surface area contributed by atoms with Crippen LogP contribution in [0.1, 0.15) is 24.0 Å². The molecule has 99 valence electrons. The van der Waals surface area contributed by atoms with Crippen LogP contribution >= 0.6 is 0 Å². The van der Waals surface area contributed by atoms with Gasteiger partial charge in [-0.2, -0.15) is 0 Å². The van der Waals surface area contributed by atoms with Crippen molar-refractivity contribution in [3.8, 4) is 5.75 Å². The molecule has 0 bridgehead atoms. The molecule has 2 rings (SSSR count). The van der Waals surface area contributed by atoms with Crippen LogP contribution in [0.2, 0.25) is 0 Å². The molecule has 0 aromatic heterocycles. The predicted octanol–water partition coefficient (Wildman–Crippen LogP) is 4.46. The first-order chi connectivity index (χ1) is 9.38. The van der Waals surface area contributed by atoms with Crippen LogP contribution in [0.25, 0.3) is 0 Å². The Morgan fingerprint density at radius 2 is 1.47 bits per heavy atom. The van der Waals surface area contributed by atoms with Crippen LogP contribution in [0, 0.1) is 6.92 Å². The molecule has 0 atom stereocenters. The van der Waals surface area contributed by atoms with Crippen molar-refractivity contribution in [1.29, 1.82) is 0 Å². The zero-order valence-corrected chi connectivity index (χ0v) is 11.3. The maximum Gasteiger partial charge on any atom is 0.119 e. The second kappa shape index (κ2) is 7.63. The second-order valence-electron chi connectivity index (χ2n) is 4.69. The van der Waals surface area contributed by atoms with Gasteiger partial charge >= 0.3 is 0 Å².